The molecule has 0 heterocycles. The average molecular weight is 218 g/mol. The van der Waals surface area contributed by atoms with Crippen LogP contribution in [0.2, 0.25) is 0 Å². The molecule has 0 saturated heterocycles. The van der Waals surface area contributed by atoms with Gasteiger partial charge in [0, 0.05) is 26.7 Å². The van der Waals surface area contributed by atoms with E-state index in [1.54, 1.807) is 11.9 Å². The lowest BCUT2D eigenvalue weighted by molar-refractivity contribution is -0.135. The molecule has 0 unspecified atom stereocenters. The van der Waals surface area contributed by atoms with Crippen molar-refractivity contribution < 1.29 is 14.3 Å². The topological polar surface area (TPSA) is 50.8 Å². The van der Waals surface area contributed by atoms with E-state index in [0.717, 1.165) is 6.54 Å². The third-order valence-electron chi connectivity index (χ3n) is 1.92. The van der Waals surface area contributed by atoms with Crippen LogP contribution in [0.4, 0.5) is 0 Å². The Bertz CT molecular complexity index is 165. The van der Waals surface area contributed by atoms with Gasteiger partial charge < -0.3 is 19.7 Å². The van der Waals surface area contributed by atoms with Gasteiger partial charge >= 0.3 is 0 Å². The smallest absolute Gasteiger partial charge is 0.248 e. The molecule has 0 radical (unpaired) electrons. The predicted molar refractivity (Wildman–Crippen MR) is 58.9 cm³/mol. The lowest BCUT2D eigenvalue weighted by atomic mass is 10.5. The molecular weight excluding hydrogens is 196 g/mol. The second-order valence-corrected chi connectivity index (χ2v) is 3.17. The highest BCUT2D eigenvalue weighted by Crippen LogP contribution is 1.86. The van der Waals surface area contributed by atoms with Crippen LogP contribution in [-0.2, 0) is 14.3 Å². The van der Waals surface area contributed by atoms with Crippen molar-refractivity contribution in [3.63, 3.8) is 0 Å². The van der Waals surface area contributed by atoms with Crippen LogP contribution in [0.1, 0.15) is 6.92 Å². The molecule has 0 saturated carbocycles. The molecule has 0 atom stereocenters. The quantitative estimate of drug-likeness (QED) is 0.541. The number of carbonyl (C=O) groups is 1. The van der Waals surface area contributed by atoms with Crippen LogP contribution < -0.4 is 5.32 Å². The zero-order valence-corrected chi connectivity index (χ0v) is 9.91. The first kappa shape index (κ1) is 14.3. The molecule has 0 rings (SSSR count). The monoisotopic (exact) mass is 218 g/mol. The maximum absolute atomic E-state index is 11.4. The summed E-state index contributed by atoms with van der Waals surface area (Å²) in [6.07, 6.45) is 0. The van der Waals surface area contributed by atoms with Crippen molar-refractivity contribution in [2.24, 2.45) is 0 Å². The summed E-state index contributed by atoms with van der Waals surface area (Å²) in [5.41, 5.74) is 0. The number of hydrogen-bond acceptors (Lipinski definition) is 4. The highest BCUT2D eigenvalue weighted by molar-refractivity contribution is 5.77. The molecule has 0 spiro atoms. The lowest BCUT2D eigenvalue weighted by Gasteiger charge is -2.16. The van der Waals surface area contributed by atoms with Gasteiger partial charge in [-0.15, -0.1) is 0 Å². The SMILES string of the molecule is CCOCCOCC(=O)N(C)CCNC. The van der Waals surface area contributed by atoms with E-state index in [9.17, 15) is 4.79 Å². The molecule has 0 bridgehead atoms. The van der Waals surface area contributed by atoms with E-state index in [4.69, 9.17) is 9.47 Å². The third-order valence-corrected chi connectivity index (χ3v) is 1.92. The summed E-state index contributed by atoms with van der Waals surface area (Å²) in [4.78, 5) is 13.1. The van der Waals surface area contributed by atoms with Crippen LogP contribution >= 0.6 is 0 Å². The van der Waals surface area contributed by atoms with E-state index < -0.39 is 0 Å². The predicted octanol–water partition coefficient (Wildman–Crippen LogP) is -0.283. The molecule has 0 aromatic heterocycles. The molecule has 5 heteroatoms. The van der Waals surface area contributed by atoms with Gasteiger partial charge in [0.2, 0.25) is 5.91 Å². The summed E-state index contributed by atoms with van der Waals surface area (Å²) in [6, 6.07) is 0. The molecule has 0 aliphatic carbocycles. The maximum Gasteiger partial charge on any atom is 0.248 e. The van der Waals surface area contributed by atoms with Gasteiger partial charge in [0.25, 0.3) is 0 Å². The Balaban J connectivity index is 3.38. The highest BCUT2D eigenvalue weighted by Gasteiger charge is 2.07. The average Bonchev–Trinajstić information content (AvgIpc) is 2.25. The van der Waals surface area contributed by atoms with E-state index >= 15 is 0 Å². The molecule has 15 heavy (non-hydrogen) atoms. The first-order valence-corrected chi connectivity index (χ1v) is 5.26. The minimum Gasteiger partial charge on any atom is -0.379 e. The largest absolute Gasteiger partial charge is 0.379 e. The van der Waals surface area contributed by atoms with Crippen molar-refractivity contribution in [1.82, 2.24) is 10.2 Å². The van der Waals surface area contributed by atoms with Crippen molar-refractivity contribution in [2.45, 2.75) is 6.92 Å². The zero-order chi connectivity index (χ0) is 11.5. The molecule has 0 aromatic rings. The Hall–Kier alpha value is -0.650. The summed E-state index contributed by atoms with van der Waals surface area (Å²) in [6.45, 7) is 5.25. The standard InChI is InChI=1S/C10H22N2O3/c1-4-14-7-8-15-9-10(13)12(3)6-5-11-2/h11H,4-9H2,1-3H3. The van der Waals surface area contributed by atoms with E-state index in [0.29, 0.717) is 26.4 Å². The Kier molecular flexibility index (Phi) is 9.46. The number of nitrogens with one attached hydrogen (secondary N) is 1. The third kappa shape index (κ3) is 8.35. The number of nitrogens with zero attached hydrogens (tertiary/aromatic N) is 1. The Morgan fingerprint density at radius 2 is 2.00 bits per heavy atom. The Labute approximate surface area is 91.7 Å². The fourth-order valence-electron chi connectivity index (χ4n) is 0.936. The maximum atomic E-state index is 11.4. The number of likely N-dealkylation sites (N-methyl/N-ethyl adjacent to an activating group) is 2. The second kappa shape index (κ2) is 9.89. The summed E-state index contributed by atoms with van der Waals surface area (Å²) in [5, 5.41) is 2.98. The van der Waals surface area contributed by atoms with Gasteiger partial charge in [0.05, 0.1) is 13.2 Å². The Morgan fingerprint density at radius 1 is 1.33 bits per heavy atom. The second-order valence-electron chi connectivity index (χ2n) is 3.17. The van der Waals surface area contributed by atoms with Crippen molar-refractivity contribution in [2.75, 3.05) is 53.6 Å². The van der Waals surface area contributed by atoms with Gasteiger partial charge in [-0.25, -0.2) is 0 Å². The number of carbonyl (C=O) groups excluding carboxylic acids is 1. The van der Waals surface area contributed by atoms with Crippen molar-refractivity contribution in [3.8, 4) is 0 Å². The highest BCUT2D eigenvalue weighted by atomic mass is 16.5. The van der Waals surface area contributed by atoms with Gasteiger partial charge in [-0.1, -0.05) is 0 Å². The van der Waals surface area contributed by atoms with E-state index in [2.05, 4.69) is 5.32 Å². The van der Waals surface area contributed by atoms with Gasteiger partial charge in [-0.3, -0.25) is 4.79 Å². The molecule has 5 nitrogen and oxygen atoms in total. The van der Waals surface area contributed by atoms with Crippen LogP contribution in [0, 0.1) is 0 Å². The van der Waals surface area contributed by atoms with E-state index in [1.807, 2.05) is 14.0 Å². The van der Waals surface area contributed by atoms with Crippen LogP contribution in [-0.4, -0.2) is 64.4 Å². The number of ether oxygens (including phenoxy) is 2. The summed E-state index contributed by atoms with van der Waals surface area (Å²) in [7, 11) is 3.63. The minimum atomic E-state index is 0.00162. The number of amides is 1. The van der Waals surface area contributed by atoms with E-state index in [1.165, 1.54) is 0 Å². The molecule has 0 aliphatic rings. The van der Waals surface area contributed by atoms with Crippen LogP contribution in [0.3, 0.4) is 0 Å². The molecule has 0 fully saturated rings. The van der Waals surface area contributed by atoms with E-state index in [-0.39, 0.29) is 12.5 Å². The molecule has 0 aromatic carbocycles. The fourth-order valence-corrected chi connectivity index (χ4v) is 0.936. The van der Waals surface area contributed by atoms with Crippen LogP contribution in [0.15, 0.2) is 0 Å². The minimum absolute atomic E-state index is 0.00162. The van der Waals surface area contributed by atoms with Crippen molar-refractivity contribution in [3.05, 3.63) is 0 Å². The first-order chi connectivity index (χ1) is 7.22. The lowest BCUT2D eigenvalue weighted by Crippen LogP contribution is -2.35. The number of hydrogen-bond donors (Lipinski definition) is 1. The van der Waals surface area contributed by atoms with Crippen LogP contribution in [0.25, 0.3) is 0 Å². The summed E-state index contributed by atoms with van der Waals surface area (Å²) in [5.74, 6) is 0.00162. The molecule has 90 valence electrons. The summed E-state index contributed by atoms with van der Waals surface area (Å²) < 4.78 is 10.2. The van der Waals surface area contributed by atoms with Crippen molar-refractivity contribution in [1.29, 1.82) is 0 Å². The first-order valence-electron chi connectivity index (χ1n) is 5.26. The van der Waals surface area contributed by atoms with Gasteiger partial charge in [0.1, 0.15) is 6.61 Å². The normalized spacial score (nSPS) is 10.3. The molecule has 1 amide bonds. The van der Waals surface area contributed by atoms with Crippen molar-refractivity contribution >= 4 is 5.91 Å². The van der Waals surface area contributed by atoms with Gasteiger partial charge in [-0.2, -0.15) is 0 Å². The van der Waals surface area contributed by atoms with Crippen LogP contribution in [0.5, 0.6) is 0 Å². The van der Waals surface area contributed by atoms with Gasteiger partial charge in [0.15, 0.2) is 0 Å². The molecular formula is C10H22N2O3. The summed E-state index contributed by atoms with van der Waals surface area (Å²) >= 11 is 0. The van der Waals surface area contributed by atoms with Gasteiger partial charge in [-0.05, 0) is 14.0 Å². The zero-order valence-electron chi connectivity index (χ0n) is 9.91. The fraction of sp³-hybridized carbons (Fsp3) is 0.900. The number of rotatable bonds is 9. The molecule has 1 N–H and O–H groups in total. The Morgan fingerprint density at radius 3 is 2.60 bits per heavy atom. The molecule has 0 aliphatic heterocycles.